The van der Waals surface area contributed by atoms with Gasteiger partial charge in [-0.05, 0) is 43.3 Å². The van der Waals surface area contributed by atoms with Crippen molar-refractivity contribution >= 4 is 69.6 Å². The molecular formula is C21H17Cl2N3O5S2. The summed E-state index contributed by atoms with van der Waals surface area (Å²) in [5.41, 5.74) is 0.699. The van der Waals surface area contributed by atoms with Crippen LogP contribution in [0.3, 0.4) is 0 Å². The summed E-state index contributed by atoms with van der Waals surface area (Å²) in [6.45, 7) is 1.35. The van der Waals surface area contributed by atoms with E-state index < -0.39 is 18.4 Å². The first-order chi connectivity index (χ1) is 15.8. The van der Waals surface area contributed by atoms with Crippen molar-refractivity contribution in [3.05, 3.63) is 62.6 Å². The fourth-order valence-electron chi connectivity index (χ4n) is 2.55. The standard InChI is InChI=1S/C21H17Cl2N3O5S2/c1-11-25-26-21(33-11)32-10-19(28)24-16-8-13(4-6-18(16)30-2)20(29)31-9-17(27)12-3-5-14(22)15(23)7-12/h3-8H,9-10H2,1-2H3,(H,24,28). The number of benzene rings is 2. The van der Waals surface area contributed by atoms with Crippen molar-refractivity contribution in [3.8, 4) is 5.75 Å². The second kappa shape index (κ2) is 11.5. The molecule has 2 aromatic carbocycles. The minimum Gasteiger partial charge on any atom is -0.495 e. The number of thioether (sulfide) groups is 1. The number of carbonyl (C=O) groups excluding carboxylic acids is 3. The van der Waals surface area contributed by atoms with E-state index in [4.69, 9.17) is 32.7 Å². The van der Waals surface area contributed by atoms with Crippen LogP contribution in [0.5, 0.6) is 5.75 Å². The van der Waals surface area contributed by atoms with Gasteiger partial charge in [0, 0.05) is 5.56 Å². The van der Waals surface area contributed by atoms with Gasteiger partial charge in [-0.25, -0.2) is 4.79 Å². The maximum atomic E-state index is 12.5. The lowest BCUT2D eigenvalue weighted by molar-refractivity contribution is -0.113. The lowest BCUT2D eigenvalue weighted by Gasteiger charge is -2.12. The molecule has 0 aliphatic rings. The Balaban J connectivity index is 1.62. The molecule has 0 fully saturated rings. The summed E-state index contributed by atoms with van der Waals surface area (Å²) < 4.78 is 11.1. The van der Waals surface area contributed by atoms with Crippen molar-refractivity contribution < 1.29 is 23.9 Å². The Morgan fingerprint density at radius 2 is 1.82 bits per heavy atom. The van der Waals surface area contributed by atoms with Crippen molar-refractivity contribution in [1.29, 1.82) is 0 Å². The fourth-order valence-corrected chi connectivity index (χ4v) is 4.46. The van der Waals surface area contributed by atoms with Gasteiger partial charge in [-0.1, -0.05) is 46.3 Å². The number of aryl methyl sites for hydroxylation is 1. The van der Waals surface area contributed by atoms with Crippen LogP contribution in [0.25, 0.3) is 0 Å². The third kappa shape index (κ3) is 6.91. The smallest absolute Gasteiger partial charge is 0.338 e. The van der Waals surface area contributed by atoms with Gasteiger partial charge >= 0.3 is 5.97 Å². The molecule has 1 N–H and O–H groups in total. The first-order valence-electron chi connectivity index (χ1n) is 9.33. The number of halogens is 2. The van der Waals surface area contributed by atoms with Gasteiger partial charge in [0.2, 0.25) is 5.91 Å². The van der Waals surface area contributed by atoms with Crippen molar-refractivity contribution in [2.75, 3.05) is 24.8 Å². The van der Waals surface area contributed by atoms with Crippen molar-refractivity contribution in [2.45, 2.75) is 11.3 Å². The van der Waals surface area contributed by atoms with Crippen molar-refractivity contribution in [2.24, 2.45) is 0 Å². The second-order valence-electron chi connectivity index (χ2n) is 6.47. The van der Waals surface area contributed by atoms with E-state index in [9.17, 15) is 14.4 Å². The van der Waals surface area contributed by atoms with E-state index in [0.717, 1.165) is 5.01 Å². The second-order valence-corrected chi connectivity index (χ2v) is 9.69. The Hall–Kier alpha value is -2.66. The summed E-state index contributed by atoms with van der Waals surface area (Å²) in [6, 6.07) is 8.80. The number of ether oxygens (including phenoxy) is 2. The van der Waals surface area contributed by atoms with E-state index in [2.05, 4.69) is 15.5 Å². The number of ketones is 1. The highest BCUT2D eigenvalue weighted by atomic mass is 35.5. The number of esters is 1. The van der Waals surface area contributed by atoms with Crippen LogP contribution >= 0.6 is 46.3 Å². The van der Waals surface area contributed by atoms with E-state index in [1.165, 1.54) is 66.6 Å². The third-order valence-electron chi connectivity index (χ3n) is 4.12. The Kier molecular flexibility index (Phi) is 8.67. The first kappa shape index (κ1) is 25.0. The van der Waals surface area contributed by atoms with Crippen molar-refractivity contribution in [3.63, 3.8) is 0 Å². The monoisotopic (exact) mass is 525 g/mol. The molecule has 0 spiro atoms. The number of nitrogens with one attached hydrogen (secondary N) is 1. The predicted octanol–water partition coefficient (Wildman–Crippen LogP) is 4.93. The van der Waals surface area contributed by atoms with E-state index in [1.807, 2.05) is 6.92 Å². The Morgan fingerprint density at radius 3 is 2.48 bits per heavy atom. The number of hydrogen-bond donors (Lipinski definition) is 1. The molecule has 1 aromatic heterocycles. The minimum atomic E-state index is -0.736. The van der Waals surface area contributed by atoms with Crippen LogP contribution in [0.15, 0.2) is 40.7 Å². The number of methoxy groups -OCH3 is 1. The quantitative estimate of drug-likeness (QED) is 0.238. The lowest BCUT2D eigenvalue weighted by atomic mass is 10.1. The molecule has 0 saturated carbocycles. The normalized spacial score (nSPS) is 10.5. The largest absolute Gasteiger partial charge is 0.495 e. The summed E-state index contributed by atoms with van der Waals surface area (Å²) >= 11 is 14.4. The molecule has 33 heavy (non-hydrogen) atoms. The molecule has 0 radical (unpaired) electrons. The van der Waals surface area contributed by atoms with Crippen LogP contribution in [0.1, 0.15) is 25.7 Å². The first-order valence-corrected chi connectivity index (χ1v) is 11.9. The molecule has 0 aliphatic carbocycles. The summed E-state index contributed by atoms with van der Waals surface area (Å²) in [5.74, 6) is -1.02. The van der Waals surface area contributed by atoms with Crippen LogP contribution in [0.2, 0.25) is 10.0 Å². The Bertz CT molecular complexity index is 1200. The zero-order valence-corrected chi connectivity index (χ0v) is 20.5. The van der Waals surface area contributed by atoms with Gasteiger partial charge in [0.15, 0.2) is 16.7 Å². The van der Waals surface area contributed by atoms with Gasteiger partial charge < -0.3 is 14.8 Å². The molecule has 12 heteroatoms. The SMILES string of the molecule is COc1ccc(C(=O)OCC(=O)c2ccc(Cl)c(Cl)c2)cc1NC(=O)CSc1nnc(C)s1. The van der Waals surface area contributed by atoms with Crippen LogP contribution in [0, 0.1) is 6.92 Å². The van der Waals surface area contributed by atoms with Crippen molar-refractivity contribution in [1.82, 2.24) is 10.2 Å². The molecule has 0 bridgehead atoms. The number of Topliss-reactive ketones (excluding diaryl/α,β-unsaturated/α-hetero) is 1. The van der Waals surface area contributed by atoms with Gasteiger partial charge in [0.05, 0.1) is 34.2 Å². The highest BCUT2D eigenvalue weighted by Crippen LogP contribution is 2.27. The van der Waals surface area contributed by atoms with E-state index >= 15 is 0 Å². The maximum Gasteiger partial charge on any atom is 0.338 e. The zero-order chi connectivity index (χ0) is 24.0. The number of anilines is 1. The number of aromatic nitrogens is 2. The highest BCUT2D eigenvalue weighted by molar-refractivity contribution is 8.01. The lowest BCUT2D eigenvalue weighted by Crippen LogP contribution is -2.17. The number of rotatable bonds is 9. The third-order valence-corrected chi connectivity index (χ3v) is 6.83. The van der Waals surface area contributed by atoms with Gasteiger partial charge in [0.25, 0.3) is 0 Å². The summed E-state index contributed by atoms with van der Waals surface area (Å²) in [7, 11) is 1.44. The molecule has 3 aromatic rings. The van der Waals surface area contributed by atoms with E-state index in [-0.39, 0.29) is 27.8 Å². The van der Waals surface area contributed by atoms with Gasteiger partial charge in [-0.3, -0.25) is 9.59 Å². The number of amides is 1. The zero-order valence-electron chi connectivity index (χ0n) is 17.4. The topological polar surface area (TPSA) is 107 Å². The Morgan fingerprint density at radius 1 is 1.06 bits per heavy atom. The molecule has 3 rings (SSSR count). The van der Waals surface area contributed by atoms with Crippen LogP contribution < -0.4 is 10.1 Å². The molecule has 1 heterocycles. The molecule has 0 aliphatic heterocycles. The summed E-state index contributed by atoms with van der Waals surface area (Å²) in [4.78, 5) is 37.1. The van der Waals surface area contributed by atoms with Gasteiger partial charge in [0.1, 0.15) is 10.8 Å². The average Bonchev–Trinajstić information content (AvgIpc) is 3.22. The molecule has 0 saturated heterocycles. The minimum absolute atomic E-state index is 0.102. The van der Waals surface area contributed by atoms with Crippen LogP contribution in [-0.2, 0) is 9.53 Å². The molecule has 0 unspecified atom stereocenters. The maximum absolute atomic E-state index is 12.5. The van der Waals surface area contributed by atoms with E-state index in [0.29, 0.717) is 20.8 Å². The number of carbonyl (C=O) groups is 3. The Labute approximate surface area is 207 Å². The van der Waals surface area contributed by atoms with Gasteiger partial charge in [-0.15, -0.1) is 10.2 Å². The number of hydrogen-bond acceptors (Lipinski definition) is 9. The van der Waals surface area contributed by atoms with Gasteiger partial charge in [-0.2, -0.15) is 0 Å². The molecule has 8 nitrogen and oxygen atoms in total. The summed E-state index contributed by atoms with van der Waals surface area (Å²) in [5, 5.41) is 11.9. The van der Waals surface area contributed by atoms with E-state index in [1.54, 1.807) is 0 Å². The van der Waals surface area contributed by atoms with Crippen LogP contribution in [0.4, 0.5) is 5.69 Å². The molecule has 1 amide bonds. The molecule has 0 atom stereocenters. The molecular weight excluding hydrogens is 509 g/mol. The molecule has 172 valence electrons. The predicted molar refractivity (Wildman–Crippen MR) is 128 cm³/mol. The number of nitrogens with zero attached hydrogens (tertiary/aromatic N) is 2. The summed E-state index contributed by atoms with van der Waals surface area (Å²) in [6.07, 6.45) is 0. The highest BCUT2D eigenvalue weighted by Gasteiger charge is 2.16. The van der Waals surface area contributed by atoms with Crippen LogP contribution in [-0.4, -0.2) is 47.3 Å². The average molecular weight is 526 g/mol. The fraction of sp³-hybridized carbons (Fsp3) is 0.190.